The molecule has 0 bridgehead atoms. The van der Waals surface area contributed by atoms with Crippen molar-refractivity contribution in [2.75, 3.05) is 13.2 Å². The summed E-state index contributed by atoms with van der Waals surface area (Å²) in [6.07, 6.45) is 1.68. The molecule has 200 valence electrons. The highest BCUT2D eigenvalue weighted by Crippen LogP contribution is 2.42. The predicted octanol–water partition coefficient (Wildman–Crippen LogP) is 7.13. The van der Waals surface area contributed by atoms with E-state index in [1.54, 1.807) is 55.5 Å². The zero-order chi connectivity index (χ0) is 27.8. The summed E-state index contributed by atoms with van der Waals surface area (Å²) in [5.41, 5.74) is 1.89. The van der Waals surface area contributed by atoms with Gasteiger partial charge < -0.3 is 19.3 Å². The van der Waals surface area contributed by atoms with Crippen LogP contribution in [0.1, 0.15) is 35.3 Å². The van der Waals surface area contributed by atoms with Crippen LogP contribution in [0.3, 0.4) is 0 Å². The van der Waals surface area contributed by atoms with E-state index in [9.17, 15) is 14.7 Å². The van der Waals surface area contributed by atoms with Crippen molar-refractivity contribution in [3.05, 3.63) is 110 Å². The lowest BCUT2D eigenvalue weighted by molar-refractivity contribution is -0.138. The van der Waals surface area contributed by atoms with Crippen molar-refractivity contribution in [3.8, 4) is 11.5 Å². The van der Waals surface area contributed by atoms with Crippen molar-refractivity contribution >= 4 is 50.7 Å². The molecule has 0 saturated heterocycles. The van der Waals surface area contributed by atoms with E-state index in [0.29, 0.717) is 45.2 Å². The highest BCUT2D eigenvalue weighted by Gasteiger charge is 2.34. The quantitative estimate of drug-likeness (QED) is 0.258. The van der Waals surface area contributed by atoms with E-state index in [1.807, 2.05) is 37.3 Å². The maximum Gasteiger partial charge on any atom is 0.344 e. The molecule has 9 heteroatoms. The number of ether oxygens (including phenoxy) is 3. The zero-order valence-electron chi connectivity index (χ0n) is 21.3. The van der Waals surface area contributed by atoms with E-state index in [4.69, 9.17) is 14.2 Å². The van der Waals surface area contributed by atoms with Gasteiger partial charge in [-0.15, -0.1) is 0 Å². The molecular formula is C30H26BrNO6S. The molecule has 0 spiro atoms. The van der Waals surface area contributed by atoms with Gasteiger partial charge in [-0.3, -0.25) is 4.79 Å². The van der Waals surface area contributed by atoms with E-state index in [1.165, 1.54) is 0 Å². The molecule has 1 aliphatic rings. The van der Waals surface area contributed by atoms with E-state index in [-0.39, 0.29) is 23.0 Å². The topological polar surface area (TPSA) is 94.4 Å². The molecule has 0 atom stereocenters. The minimum absolute atomic E-state index is 0.0648. The molecule has 3 aromatic carbocycles. The first kappa shape index (κ1) is 28.2. The monoisotopic (exact) mass is 607 g/mol. The molecule has 1 heterocycles. The van der Waals surface area contributed by atoms with Gasteiger partial charge in [-0.2, -0.15) is 0 Å². The van der Waals surface area contributed by atoms with Gasteiger partial charge in [0.2, 0.25) is 0 Å². The van der Waals surface area contributed by atoms with E-state index in [2.05, 4.69) is 20.9 Å². The molecule has 0 radical (unpaired) electrons. The number of aliphatic imine (C=N–C) groups is 1. The van der Waals surface area contributed by atoms with Gasteiger partial charge in [-0.1, -0.05) is 76.2 Å². The molecule has 1 aliphatic heterocycles. The normalized spacial score (nSPS) is 15.1. The summed E-state index contributed by atoms with van der Waals surface area (Å²) in [6, 6.07) is 21.9. The molecule has 1 N–H and O–H groups in total. The summed E-state index contributed by atoms with van der Waals surface area (Å²) in [7, 11) is 0. The molecule has 4 rings (SSSR count). The first-order valence-corrected chi connectivity index (χ1v) is 13.8. The Hall–Kier alpha value is -3.82. The predicted molar refractivity (Wildman–Crippen MR) is 156 cm³/mol. The number of halogens is 1. The summed E-state index contributed by atoms with van der Waals surface area (Å²) in [5, 5.41) is 11.1. The lowest BCUT2D eigenvalue weighted by atomic mass is 10.1. The van der Waals surface area contributed by atoms with Gasteiger partial charge in [0.1, 0.15) is 23.0 Å². The number of amides is 1. The summed E-state index contributed by atoms with van der Waals surface area (Å²) in [6.45, 7) is 4.43. The Kier molecular flexibility index (Phi) is 9.62. The molecule has 39 heavy (non-hydrogen) atoms. The number of hydrogen-bond donors (Lipinski definition) is 1. The minimum Gasteiger partial charge on any atom is -0.506 e. The molecule has 0 aliphatic carbocycles. The Labute approximate surface area is 239 Å². The average Bonchev–Trinajstić information content (AvgIpc) is 3.24. The molecule has 0 aromatic heterocycles. The number of hydrogen-bond acceptors (Lipinski definition) is 7. The Morgan fingerprint density at radius 2 is 1.62 bits per heavy atom. The van der Waals surface area contributed by atoms with Crippen molar-refractivity contribution in [1.82, 2.24) is 0 Å². The van der Waals surface area contributed by atoms with E-state index >= 15 is 0 Å². The summed E-state index contributed by atoms with van der Waals surface area (Å²) in [4.78, 5) is 29.9. The van der Waals surface area contributed by atoms with Crippen LogP contribution in [0.25, 0.3) is 6.08 Å². The largest absolute Gasteiger partial charge is 0.506 e. The second kappa shape index (κ2) is 13.3. The third-order valence-corrected chi connectivity index (χ3v) is 7.19. The number of esters is 1. The Morgan fingerprint density at radius 3 is 2.28 bits per heavy atom. The van der Waals surface area contributed by atoms with Gasteiger partial charge in [0.25, 0.3) is 5.91 Å². The van der Waals surface area contributed by atoms with Crippen LogP contribution in [0.5, 0.6) is 11.5 Å². The van der Waals surface area contributed by atoms with E-state index in [0.717, 1.165) is 17.3 Å². The first-order chi connectivity index (χ1) is 18.9. The number of rotatable bonds is 9. The maximum atomic E-state index is 12.8. The highest BCUT2D eigenvalue weighted by atomic mass is 79.9. The number of aliphatic hydroxyl groups excluding tert-OH is 1. The first-order valence-electron chi connectivity index (χ1n) is 12.2. The SMILES string of the molecule is CCOC(=O)C1=C(O)/C(=C/c2cc(OCC)c(OCc3ccccc3)cc2Br)SC1=NC(=O)c1ccccc1. The summed E-state index contributed by atoms with van der Waals surface area (Å²) >= 11 is 4.59. The Bertz CT molecular complexity index is 1450. The van der Waals surface area contributed by atoms with Gasteiger partial charge in [-0.05, 0) is 55.3 Å². The van der Waals surface area contributed by atoms with Crippen LogP contribution in [-0.4, -0.2) is 35.2 Å². The van der Waals surface area contributed by atoms with Gasteiger partial charge in [-0.25, -0.2) is 9.79 Å². The fourth-order valence-electron chi connectivity index (χ4n) is 3.65. The van der Waals surface area contributed by atoms with Crippen LogP contribution < -0.4 is 9.47 Å². The van der Waals surface area contributed by atoms with Crippen molar-refractivity contribution in [1.29, 1.82) is 0 Å². The molecule has 0 fully saturated rings. The number of nitrogens with zero attached hydrogens (tertiary/aromatic N) is 1. The van der Waals surface area contributed by atoms with Crippen LogP contribution in [0.4, 0.5) is 0 Å². The lowest BCUT2D eigenvalue weighted by Gasteiger charge is -2.14. The molecule has 3 aromatic rings. The zero-order valence-corrected chi connectivity index (χ0v) is 23.8. The molecule has 0 saturated carbocycles. The Morgan fingerprint density at radius 1 is 0.949 bits per heavy atom. The van der Waals surface area contributed by atoms with Gasteiger partial charge in [0, 0.05) is 10.0 Å². The van der Waals surface area contributed by atoms with Crippen molar-refractivity contribution < 1.29 is 28.9 Å². The number of aliphatic hydroxyl groups is 1. The highest BCUT2D eigenvalue weighted by molar-refractivity contribution is 9.10. The second-order valence-electron chi connectivity index (χ2n) is 8.17. The van der Waals surface area contributed by atoms with Crippen LogP contribution in [0, 0.1) is 0 Å². The van der Waals surface area contributed by atoms with Crippen molar-refractivity contribution in [2.24, 2.45) is 4.99 Å². The van der Waals surface area contributed by atoms with Gasteiger partial charge >= 0.3 is 5.97 Å². The lowest BCUT2D eigenvalue weighted by Crippen LogP contribution is -2.14. The number of thioether (sulfide) groups is 1. The van der Waals surface area contributed by atoms with Crippen LogP contribution in [0.15, 0.2) is 98.5 Å². The summed E-state index contributed by atoms with van der Waals surface area (Å²) in [5.74, 6) is -0.532. The fraction of sp³-hybridized carbons (Fsp3) is 0.167. The number of carbonyl (C=O) groups excluding carboxylic acids is 2. The van der Waals surface area contributed by atoms with Gasteiger partial charge in [0.15, 0.2) is 11.5 Å². The third kappa shape index (κ3) is 6.99. The van der Waals surface area contributed by atoms with Crippen molar-refractivity contribution in [2.45, 2.75) is 20.5 Å². The van der Waals surface area contributed by atoms with Crippen LogP contribution >= 0.6 is 27.7 Å². The van der Waals surface area contributed by atoms with E-state index < -0.39 is 11.9 Å². The smallest absolute Gasteiger partial charge is 0.344 e. The maximum absolute atomic E-state index is 12.8. The summed E-state index contributed by atoms with van der Waals surface area (Å²) < 4.78 is 17.7. The number of carbonyl (C=O) groups is 2. The molecule has 7 nitrogen and oxygen atoms in total. The van der Waals surface area contributed by atoms with Crippen LogP contribution in [-0.2, 0) is 16.1 Å². The Balaban J connectivity index is 1.68. The van der Waals surface area contributed by atoms with Crippen molar-refractivity contribution in [3.63, 3.8) is 0 Å². The van der Waals surface area contributed by atoms with Gasteiger partial charge in [0.05, 0.1) is 18.1 Å². The standard InChI is InChI=1S/C30H26BrNO6S/c1-3-36-23-15-21(22(31)17-24(23)38-18-19-11-7-5-8-12-19)16-25-27(33)26(30(35)37-4-2)29(39-25)32-28(34)20-13-9-6-10-14-20/h5-17,33H,3-4,18H2,1-2H3/b25-16-,32-29?. The number of benzene rings is 3. The van der Waals surface area contributed by atoms with Crippen LogP contribution in [0.2, 0.25) is 0 Å². The average molecular weight is 609 g/mol. The molecule has 1 amide bonds. The fourth-order valence-corrected chi connectivity index (χ4v) is 5.09. The second-order valence-corrected chi connectivity index (χ2v) is 10.1. The minimum atomic E-state index is -0.760. The molecule has 0 unspecified atom stereocenters. The molecular weight excluding hydrogens is 582 g/mol. The third-order valence-electron chi connectivity index (χ3n) is 5.48.